The summed E-state index contributed by atoms with van der Waals surface area (Å²) in [5.74, 6) is -1.15. The van der Waals surface area contributed by atoms with Gasteiger partial charge in [-0.3, -0.25) is 4.72 Å². The second kappa shape index (κ2) is 6.28. The van der Waals surface area contributed by atoms with Crippen molar-refractivity contribution in [3.05, 3.63) is 65.2 Å². The molecule has 2 N–H and O–H groups in total. The number of methoxy groups -OCH3 is 1. The Morgan fingerprint density at radius 2 is 1.81 bits per heavy atom. The SMILES string of the molecule is COc1ccc(S(=O)(=O)Nc2ccc3c4c(cccc24)CC3)cc1C(=O)O. The quantitative estimate of drug-likeness (QED) is 0.704. The maximum absolute atomic E-state index is 12.9. The molecule has 0 unspecified atom stereocenters. The van der Waals surface area contributed by atoms with E-state index in [4.69, 9.17) is 4.74 Å². The summed E-state index contributed by atoms with van der Waals surface area (Å²) < 4.78 is 33.3. The first kappa shape index (κ1) is 17.4. The lowest BCUT2D eigenvalue weighted by Crippen LogP contribution is -2.14. The van der Waals surface area contributed by atoms with Gasteiger partial charge in [0.25, 0.3) is 10.0 Å². The molecule has 1 aliphatic carbocycles. The topological polar surface area (TPSA) is 92.7 Å². The standard InChI is InChI=1S/C20H17NO5S/c1-26-18-10-8-14(11-16(18)20(22)23)27(24,25)21-17-9-7-13-6-5-12-3-2-4-15(17)19(12)13/h2-4,7-11,21H,5-6H2,1H3,(H,22,23). The van der Waals surface area contributed by atoms with Crippen LogP contribution in [-0.2, 0) is 22.9 Å². The summed E-state index contributed by atoms with van der Waals surface area (Å²) in [7, 11) is -2.63. The average Bonchev–Trinajstić information content (AvgIpc) is 3.08. The van der Waals surface area contributed by atoms with Crippen molar-refractivity contribution in [1.82, 2.24) is 0 Å². The molecule has 6 nitrogen and oxygen atoms in total. The molecule has 0 amide bonds. The second-order valence-corrected chi connectivity index (χ2v) is 8.07. The highest BCUT2D eigenvalue weighted by Gasteiger charge is 2.22. The first-order chi connectivity index (χ1) is 12.9. The summed E-state index contributed by atoms with van der Waals surface area (Å²) in [6.07, 6.45) is 1.90. The van der Waals surface area contributed by atoms with Crippen LogP contribution in [0.15, 0.2) is 53.4 Å². The Kier molecular flexibility index (Phi) is 4.04. The summed E-state index contributed by atoms with van der Waals surface area (Å²) in [5, 5.41) is 11.2. The Morgan fingerprint density at radius 3 is 2.52 bits per heavy atom. The summed E-state index contributed by atoms with van der Waals surface area (Å²) in [4.78, 5) is 11.2. The van der Waals surface area contributed by atoms with E-state index >= 15 is 0 Å². The van der Waals surface area contributed by atoms with E-state index < -0.39 is 16.0 Å². The van der Waals surface area contributed by atoms with Crippen LogP contribution in [0, 0.1) is 0 Å². The van der Waals surface area contributed by atoms with E-state index in [-0.39, 0.29) is 16.2 Å². The molecule has 7 heteroatoms. The number of benzene rings is 3. The number of hydrogen-bond donors (Lipinski definition) is 2. The molecule has 27 heavy (non-hydrogen) atoms. The average molecular weight is 383 g/mol. The van der Waals surface area contributed by atoms with Crippen molar-refractivity contribution in [3.8, 4) is 5.75 Å². The monoisotopic (exact) mass is 383 g/mol. The van der Waals surface area contributed by atoms with Crippen LogP contribution < -0.4 is 9.46 Å². The molecular formula is C20H17NO5S. The van der Waals surface area contributed by atoms with Gasteiger partial charge in [-0.25, -0.2) is 13.2 Å². The first-order valence-electron chi connectivity index (χ1n) is 8.38. The van der Waals surface area contributed by atoms with E-state index in [1.54, 1.807) is 6.07 Å². The van der Waals surface area contributed by atoms with Crippen molar-refractivity contribution < 1.29 is 23.1 Å². The molecular weight excluding hydrogens is 366 g/mol. The highest BCUT2D eigenvalue weighted by atomic mass is 32.2. The fourth-order valence-electron chi connectivity index (χ4n) is 3.56. The van der Waals surface area contributed by atoms with Crippen LogP contribution in [0.25, 0.3) is 10.8 Å². The molecule has 0 aromatic heterocycles. The van der Waals surface area contributed by atoms with Gasteiger partial charge in [0, 0.05) is 5.39 Å². The van der Waals surface area contributed by atoms with Gasteiger partial charge in [0.2, 0.25) is 0 Å². The molecule has 0 bridgehead atoms. The number of sulfonamides is 1. The molecule has 0 fully saturated rings. The minimum Gasteiger partial charge on any atom is -0.496 e. The van der Waals surface area contributed by atoms with Gasteiger partial charge in [-0.15, -0.1) is 0 Å². The van der Waals surface area contributed by atoms with Crippen molar-refractivity contribution in [1.29, 1.82) is 0 Å². The highest BCUT2D eigenvalue weighted by molar-refractivity contribution is 7.92. The molecule has 0 spiro atoms. The van der Waals surface area contributed by atoms with Gasteiger partial charge < -0.3 is 9.84 Å². The van der Waals surface area contributed by atoms with Gasteiger partial charge >= 0.3 is 5.97 Å². The fourth-order valence-corrected chi connectivity index (χ4v) is 4.67. The Labute approximate surface area is 156 Å². The van der Waals surface area contributed by atoms with Gasteiger partial charge in [-0.2, -0.15) is 0 Å². The molecule has 3 aromatic rings. The molecule has 0 aliphatic heterocycles. The Hall–Kier alpha value is -3.06. The van der Waals surface area contributed by atoms with Crippen molar-refractivity contribution >= 4 is 32.5 Å². The first-order valence-corrected chi connectivity index (χ1v) is 9.86. The Morgan fingerprint density at radius 1 is 1.07 bits per heavy atom. The van der Waals surface area contributed by atoms with Crippen molar-refractivity contribution in [3.63, 3.8) is 0 Å². The van der Waals surface area contributed by atoms with E-state index in [1.165, 1.54) is 30.4 Å². The molecule has 0 heterocycles. The highest BCUT2D eigenvalue weighted by Crippen LogP contribution is 2.36. The molecule has 0 saturated heterocycles. The van der Waals surface area contributed by atoms with Gasteiger partial charge in [-0.1, -0.05) is 24.3 Å². The maximum atomic E-state index is 12.9. The number of anilines is 1. The molecule has 138 valence electrons. The van der Waals surface area contributed by atoms with E-state index in [1.807, 2.05) is 18.2 Å². The predicted octanol–water partition coefficient (Wildman–Crippen LogP) is 3.45. The van der Waals surface area contributed by atoms with Crippen molar-refractivity contribution in [2.75, 3.05) is 11.8 Å². The number of hydrogen-bond acceptors (Lipinski definition) is 4. The van der Waals surface area contributed by atoms with Gasteiger partial charge in [0.05, 0.1) is 17.7 Å². The van der Waals surface area contributed by atoms with E-state index in [2.05, 4.69) is 10.8 Å². The maximum Gasteiger partial charge on any atom is 0.339 e. The Bertz CT molecular complexity index is 1170. The van der Waals surface area contributed by atoms with E-state index in [0.29, 0.717) is 5.69 Å². The number of carboxylic acids is 1. The zero-order valence-electron chi connectivity index (χ0n) is 14.5. The van der Waals surface area contributed by atoms with Crippen molar-refractivity contribution in [2.24, 2.45) is 0 Å². The number of carboxylic acid groups (broad SMARTS) is 1. The number of rotatable bonds is 5. The third kappa shape index (κ3) is 2.90. The number of aromatic carboxylic acids is 1. The second-order valence-electron chi connectivity index (χ2n) is 6.38. The van der Waals surface area contributed by atoms with Crippen LogP contribution in [0.3, 0.4) is 0 Å². The summed E-state index contributed by atoms with van der Waals surface area (Å²) in [6, 6.07) is 13.3. The molecule has 3 aromatic carbocycles. The van der Waals surface area contributed by atoms with Gasteiger partial charge in [0.15, 0.2) is 0 Å². The number of carbonyl (C=O) groups is 1. The number of nitrogens with one attached hydrogen (secondary N) is 1. The minimum absolute atomic E-state index is 0.104. The van der Waals surface area contributed by atoms with Crippen LogP contribution >= 0.6 is 0 Å². The largest absolute Gasteiger partial charge is 0.496 e. The normalized spacial score (nSPS) is 12.9. The van der Waals surface area contributed by atoms with Crippen LogP contribution in [0.2, 0.25) is 0 Å². The smallest absolute Gasteiger partial charge is 0.339 e. The fraction of sp³-hybridized carbons (Fsp3) is 0.150. The molecule has 0 radical (unpaired) electrons. The summed E-state index contributed by atoms with van der Waals surface area (Å²) in [5.41, 5.74) is 2.69. The molecule has 4 rings (SSSR count). The van der Waals surface area contributed by atoms with Crippen molar-refractivity contribution in [2.45, 2.75) is 17.7 Å². The number of aryl methyl sites for hydroxylation is 2. The summed E-state index contributed by atoms with van der Waals surface area (Å²) in [6.45, 7) is 0. The van der Waals surface area contributed by atoms with Crippen LogP contribution in [0.4, 0.5) is 5.69 Å². The minimum atomic E-state index is -3.96. The van der Waals surface area contributed by atoms with Gasteiger partial charge in [-0.05, 0) is 53.6 Å². The van der Waals surface area contributed by atoms with Crippen LogP contribution in [-0.4, -0.2) is 26.6 Å². The van der Waals surface area contributed by atoms with Gasteiger partial charge in [0.1, 0.15) is 11.3 Å². The Balaban J connectivity index is 1.78. The molecule has 0 saturated carbocycles. The third-order valence-electron chi connectivity index (χ3n) is 4.83. The van der Waals surface area contributed by atoms with Crippen LogP contribution in [0.1, 0.15) is 21.5 Å². The zero-order chi connectivity index (χ0) is 19.2. The predicted molar refractivity (Wildman–Crippen MR) is 102 cm³/mol. The molecule has 1 aliphatic rings. The van der Waals surface area contributed by atoms with Crippen LogP contribution in [0.5, 0.6) is 5.75 Å². The lowest BCUT2D eigenvalue weighted by Gasteiger charge is -2.13. The van der Waals surface area contributed by atoms with E-state index in [0.717, 1.165) is 29.7 Å². The summed E-state index contributed by atoms with van der Waals surface area (Å²) >= 11 is 0. The van der Waals surface area contributed by atoms with E-state index in [9.17, 15) is 18.3 Å². The lowest BCUT2D eigenvalue weighted by atomic mass is 10.0. The zero-order valence-corrected chi connectivity index (χ0v) is 15.3. The lowest BCUT2D eigenvalue weighted by molar-refractivity contribution is 0.0693. The third-order valence-corrected chi connectivity index (χ3v) is 6.20. The number of ether oxygens (including phenoxy) is 1. The molecule has 0 atom stereocenters.